The molecule has 38 heavy (non-hydrogen) atoms. The van der Waals surface area contributed by atoms with Crippen LogP contribution in [0, 0.1) is 6.92 Å². The van der Waals surface area contributed by atoms with E-state index in [1.165, 1.54) is 4.57 Å². The van der Waals surface area contributed by atoms with Crippen molar-refractivity contribution < 1.29 is 23.9 Å². The number of carboxylic acid groups (broad SMARTS) is 1. The molecule has 1 N–H and O–H groups in total. The van der Waals surface area contributed by atoms with Crippen LogP contribution in [0.1, 0.15) is 63.2 Å². The van der Waals surface area contributed by atoms with E-state index < -0.39 is 32.1 Å². The van der Waals surface area contributed by atoms with Gasteiger partial charge in [-0.25, -0.2) is 14.2 Å². The van der Waals surface area contributed by atoms with E-state index in [-0.39, 0.29) is 5.56 Å². The van der Waals surface area contributed by atoms with Gasteiger partial charge in [-0.05, 0) is 61.2 Å². The molecule has 0 atom stereocenters. The fourth-order valence-electron chi connectivity index (χ4n) is 4.97. The lowest BCUT2D eigenvalue weighted by Crippen LogP contribution is -2.47. The predicted octanol–water partition coefficient (Wildman–Crippen LogP) is 5.65. The molecule has 0 saturated carbocycles. The average Bonchev–Trinajstić information content (AvgIpc) is 3.14. The topological polar surface area (TPSA) is 77.8 Å². The third-order valence-corrected chi connectivity index (χ3v) is 8.79. The molecule has 4 aromatic rings. The highest BCUT2D eigenvalue weighted by atomic mass is 28.3. The third kappa shape index (κ3) is 5.38. The van der Waals surface area contributed by atoms with Crippen molar-refractivity contribution in [1.82, 2.24) is 4.57 Å². The second-order valence-corrected chi connectivity index (χ2v) is 13.8. The summed E-state index contributed by atoms with van der Waals surface area (Å²) in [6, 6.07) is 23.3. The highest BCUT2D eigenvalue weighted by Crippen LogP contribution is 2.40. The molecule has 0 saturated heterocycles. The monoisotopic (exact) mass is 529 g/mol. The molecule has 4 rings (SSSR count). The smallest absolute Gasteiger partial charge is 0.419 e. The fourth-order valence-corrected chi connectivity index (χ4v) is 7.22. The van der Waals surface area contributed by atoms with E-state index in [0.29, 0.717) is 22.3 Å². The Morgan fingerprint density at radius 2 is 1.34 bits per heavy atom. The maximum Gasteiger partial charge on any atom is 0.419 e. The molecule has 0 amide bonds. The number of ether oxygens (including phenoxy) is 1. The number of hydrogen-bond donors (Lipinski definition) is 1. The van der Waals surface area contributed by atoms with Crippen LogP contribution in [0.3, 0.4) is 0 Å². The average molecular weight is 530 g/mol. The van der Waals surface area contributed by atoms with Crippen molar-refractivity contribution in [1.29, 1.82) is 0 Å². The molecule has 1 heterocycles. The molecule has 0 fully saturated rings. The van der Waals surface area contributed by atoms with Crippen LogP contribution in [-0.4, -0.2) is 36.4 Å². The molecule has 0 unspecified atom stereocenters. The predicted molar refractivity (Wildman–Crippen MR) is 154 cm³/mol. The van der Waals surface area contributed by atoms with E-state index in [2.05, 4.69) is 0 Å². The van der Waals surface area contributed by atoms with Crippen molar-refractivity contribution in [2.75, 3.05) is 0 Å². The van der Waals surface area contributed by atoms with E-state index in [4.69, 9.17) is 9.16 Å². The van der Waals surface area contributed by atoms with Gasteiger partial charge >= 0.3 is 12.1 Å². The standard InChI is InChI=1S/C31H35NO5Si/c1-20-27(30(2,3)4)25-23(32(20)29(35)36-31(5,6)7)18-19-24(26(25)28(33)34)37-38(21-14-10-8-11-15-21)22-16-12-9-13-17-22/h8-19,38H,1-7H3,(H,33,34). The van der Waals surface area contributed by atoms with Crippen LogP contribution in [0.4, 0.5) is 4.79 Å². The maximum atomic E-state index is 13.3. The molecular formula is C31H35NO5Si. The summed E-state index contributed by atoms with van der Waals surface area (Å²) in [6.45, 7) is 13.3. The summed E-state index contributed by atoms with van der Waals surface area (Å²) >= 11 is 0. The molecule has 198 valence electrons. The lowest BCUT2D eigenvalue weighted by Gasteiger charge is -2.23. The minimum Gasteiger partial charge on any atom is -0.537 e. The van der Waals surface area contributed by atoms with Crippen molar-refractivity contribution in [3.05, 3.63) is 89.6 Å². The number of aromatic carboxylic acids is 1. The van der Waals surface area contributed by atoms with Crippen molar-refractivity contribution in [2.45, 2.75) is 59.5 Å². The summed E-state index contributed by atoms with van der Waals surface area (Å²) in [4.78, 5) is 26.2. The Morgan fingerprint density at radius 3 is 1.79 bits per heavy atom. The van der Waals surface area contributed by atoms with Crippen LogP contribution in [0.25, 0.3) is 10.9 Å². The van der Waals surface area contributed by atoms with Crippen LogP contribution >= 0.6 is 0 Å². The Morgan fingerprint density at radius 1 is 0.816 bits per heavy atom. The normalized spacial score (nSPS) is 12.1. The van der Waals surface area contributed by atoms with Crippen molar-refractivity contribution in [3.8, 4) is 5.75 Å². The molecule has 6 nitrogen and oxygen atoms in total. The van der Waals surface area contributed by atoms with E-state index in [1.54, 1.807) is 12.1 Å². The quantitative estimate of drug-likeness (QED) is 0.338. The molecule has 0 aliphatic heterocycles. The number of nitrogens with zero attached hydrogens (tertiary/aromatic N) is 1. The van der Waals surface area contributed by atoms with Crippen LogP contribution in [0.15, 0.2) is 72.8 Å². The second kappa shape index (κ2) is 10.1. The first-order chi connectivity index (χ1) is 17.8. The summed E-state index contributed by atoms with van der Waals surface area (Å²) in [5.41, 5.74) is 0.824. The highest BCUT2D eigenvalue weighted by molar-refractivity contribution is 6.80. The summed E-state index contributed by atoms with van der Waals surface area (Å²) in [6.07, 6.45) is -0.540. The molecule has 7 heteroatoms. The van der Waals surface area contributed by atoms with Crippen molar-refractivity contribution in [3.63, 3.8) is 0 Å². The first kappa shape index (κ1) is 27.2. The van der Waals surface area contributed by atoms with E-state index in [0.717, 1.165) is 15.9 Å². The Balaban J connectivity index is 1.98. The second-order valence-electron chi connectivity index (χ2n) is 11.5. The molecule has 3 aromatic carbocycles. The lowest BCUT2D eigenvalue weighted by molar-refractivity contribution is 0.0540. The molecule has 0 radical (unpaired) electrons. The number of benzene rings is 3. The van der Waals surface area contributed by atoms with Crippen molar-refractivity contribution in [2.24, 2.45) is 0 Å². The zero-order valence-electron chi connectivity index (χ0n) is 23.0. The first-order valence-corrected chi connectivity index (χ1v) is 14.3. The summed E-state index contributed by atoms with van der Waals surface area (Å²) in [5.74, 6) is -0.812. The maximum absolute atomic E-state index is 13.3. The van der Waals surface area contributed by atoms with Crippen LogP contribution < -0.4 is 14.8 Å². The van der Waals surface area contributed by atoms with Gasteiger partial charge in [0, 0.05) is 11.1 Å². The van der Waals surface area contributed by atoms with Crippen LogP contribution in [0.2, 0.25) is 0 Å². The first-order valence-electron chi connectivity index (χ1n) is 12.7. The van der Waals surface area contributed by atoms with Gasteiger partial charge in [0.2, 0.25) is 0 Å². The number of hydrogen-bond acceptors (Lipinski definition) is 4. The number of rotatable bonds is 5. The Bertz CT molecular complexity index is 1440. The Hall–Kier alpha value is -3.84. The minimum absolute atomic E-state index is 0.0576. The molecule has 0 bridgehead atoms. The van der Waals surface area contributed by atoms with Gasteiger partial charge in [-0.15, -0.1) is 0 Å². The minimum atomic E-state index is -2.30. The number of carboxylic acids is 1. The highest BCUT2D eigenvalue weighted by Gasteiger charge is 2.33. The number of fused-ring (bicyclic) bond motifs is 1. The molecule has 0 aliphatic rings. The number of carbonyl (C=O) groups is 2. The van der Waals surface area contributed by atoms with Gasteiger partial charge in [0.15, 0.2) is 0 Å². The number of aromatic nitrogens is 1. The summed E-state index contributed by atoms with van der Waals surface area (Å²) < 4.78 is 13.9. The Kier molecular flexibility index (Phi) is 7.26. The summed E-state index contributed by atoms with van der Waals surface area (Å²) in [5, 5.41) is 13.1. The van der Waals surface area contributed by atoms with Gasteiger partial charge in [-0.3, -0.25) is 0 Å². The molecule has 0 aliphatic carbocycles. The van der Waals surface area contributed by atoms with E-state index in [9.17, 15) is 14.7 Å². The van der Waals surface area contributed by atoms with Gasteiger partial charge < -0.3 is 14.3 Å². The van der Waals surface area contributed by atoms with E-state index in [1.807, 2.05) is 109 Å². The van der Waals surface area contributed by atoms with Gasteiger partial charge in [-0.1, -0.05) is 81.4 Å². The third-order valence-electron chi connectivity index (χ3n) is 6.32. The molecular weight excluding hydrogens is 494 g/mol. The van der Waals surface area contributed by atoms with Gasteiger partial charge in [-0.2, -0.15) is 0 Å². The van der Waals surface area contributed by atoms with E-state index >= 15 is 0 Å². The fraction of sp³-hybridized carbons (Fsp3) is 0.290. The number of carbonyl (C=O) groups excluding carboxylic acids is 1. The molecule has 1 aromatic heterocycles. The molecule has 0 spiro atoms. The lowest BCUT2D eigenvalue weighted by atomic mass is 9.83. The Labute approximate surface area is 225 Å². The van der Waals surface area contributed by atoms with Gasteiger partial charge in [0.05, 0.1) is 5.52 Å². The largest absolute Gasteiger partial charge is 0.537 e. The van der Waals surface area contributed by atoms with Crippen LogP contribution in [0.5, 0.6) is 5.75 Å². The van der Waals surface area contributed by atoms with Gasteiger partial charge in [0.25, 0.3) is 9.04 Å². The zero-order chi connectivity index (χ0) is 27.8. The zero-order valence-corrected chi connectivity index (χ0v) is 24.2. The van der Waals surface area contributed by atoms with Gasteiger partial charge in [0.1, 0.15) is 16.9 Å². The van der Waals surface area contributed by atoms with Crippen LogP contribution in [-0.2, 0) is 10.2 Å². The SMILES string of the molecule is Cc1c(C(C)(C)C)c2c(C(=O)O)c(O[SiH](c3ccccc3)c3ccccc3)ccc2n1C(=O)OC(C)(C)C. The summed E-state index contributed by atoms with van der Waals surface area (Å²) in [7, 11) is -2.30. The van der Waals surface area contributed by atoms with Crippen molar-refractivity contribution >= 4 is 42.4 Å².